The van der Waals surface area contributed by atoms with E-state index < -0.39 is 0 Å². The summed E-state index contributed by atoms with van der Waals surface area (Å²) in [4.78, 5) is 4.76. The minimum atomic E-state index is -0.307. The third kappa shape index (κ3) is 4.93. The number of likely N-dealkylation sites (tertiary alicyclic amines) is 1. The van der Waals surface area contributed by atoms with Gasteiger partial charge in [-0.1, -0.05) is 6.07 Å². The van der Waals surface area contributed by atoms with Gasteiger partial charge in [0.2, 0.25) is 0 Å². The van der Waals surface area contributed by atoms with E-state index in [0.717, 1.165) is 44.9 Å². The molecule has 0 radical (unpaired) electrons. The number of benzene rings is 1. The predicted octanol–water partition coefficient (Wildman–Crippen LogP) is 2.23. The van der Waals surface area contributed by atoms with Crippen molar-refractivity contribution in [2.24, 2.45) is 5.92 Å². The first-order valence-electron chi connectivity index (χ1n) is 7.84. The average Bonchev–Trinajstić information content (AvgIpc) is 2.94. The van der Waals surface area contributed by atoms with Gasteiger partial charge in [0.15, 0.2) is 11.6 Å². The van der Waals surface area contributed by atoms with Crippen LogP contribution in [0.2, 0.25) is 0 Å². The van der Waals surface area contributed by atoms with Crippen molar-refractivity contribution >= 4 is 0 Å². The first-order chi connectivity index (χ1) is 10.6. The Bertz CT molecular complexity index is 470. The molecule has 0 aromatic heterocycles. The summed E-state index contributed by atoms with van der Waals surface area (Å²) < 4.78 is 23.6. The van der Waals surface area contributed by atoms with Crippen LogP contribution in [0.5, 0.6) is 5.75 Å². The molecule has 1 aliphatic rings. The molecule has 0 bridgehead atoms. The van der Waals surface area contributed by atoms with Crippen LogP contribution in [-0.4, -0.2) is 63.9 Å². The maximum atomic E-state index is 13.4. The van der Waals surface area contributed by atoms with Crippen molar-refractivity contribution in [1.29, 1.82) is 0 Å². The van der Waals surface area contributed by atoms with E-state index in [1.165, 1.54) is 19.6 Å². The van der Waals surface area contributed by atoms with Gasteiger partial charge in [0.1, 0.15) is 0 Å². The second kappa shape index (κ2) is 8.46. The molecule has 0 spiro atoms. The quantitative estimate of drug-likeness (QED) is 0.735. The molecule has 0 N–H and O–H groups in total. The lowest BCUT2D eigenvalue weighted by Gasteiger charge is -2.22. The lowest BCUT2D eigenvalue weighted by atomic mass is 10.1. The van der Waals surface area contributed by atoms with Crippen molar-refractivity contribution in [3.05, 3.63) is 29.6 Å². The highest BCUT2D eigenvalue weighted by atomic mass is 19.1. The van der Waals surface area contributed by atoms with E-state index in [1.54, 1.807) is 13.2 Å². The molecule has 0 saturated carbocycles. The minimum Gasteiger partial charge on any atom is -0.494 e. The molecular formula is C17H27FN2O2. The van der Waals surface area contributed by atoms with E-state index in [0.29, 0.717) is 11.7 Å². The largest absolute Gasteiger partial charge is 0.494 e. The molecule has 1 aromatic rings. The van der Waals surface area contributed by atoms with E-state index in [9.17, 15) is 4.39 Å². The zero-order valence-electron chi connectivity index (χ0n) is 13.8. The fourth-order valence-electron chi connectivity index (χ4n) is 3.10. The Morgan fingerprint density at radius 1 is 1.36 bits per heavy atom. The Morgan fingerprint density at radius 2 is 2.18 bits per heavy atom. The van der Waals surface area contributed by atoms with Crippen molar-refractivity contribution in [1.82, 2.24) is 9.80 Å². The first-order valence-corrected chi connectivity index (χ1v) is 7.84. The molecule has 1 fully saturated rings. The molecule has 1 aliphatic heterocycles. The summed E-state index contributed by atoms with van der Waals surface area (Å²) in [6, 6.07) is 5.09. The van der Waals surface area contributed by atoms with Gasteiger partial charge in [-0.2, -0.15) is 0 Å². The highest BCUT2D eigenvalue weighted by molar-refractivity contribution is 5.30. The summed E-state index contributed by atoms with van der Waals surface area (Å²) >= 11 is 0. The van der Waals surface area contributed by atoms with Gasteiger partial charge in [0, 0.05) is 33.3 Å². The standard InChI is InChI=1S/C17H27FN2O2/c1-19(11-14-4-5-16(18)17(10-14)22-3)12-15-6-7-20(13-15)8-9-21-2/h4-5,10,15H,6-9,11-13H2,1-3H3. The summed E-state index contributed by atoms with van der Waals surface area (Å²) in [6.07, 6.45) is 1.24. The Hall–Kier alpha value is -1.17. The number of ether oxygens (including phenoxy) is 2. The van der Waals surface area contributed by atoms with Crippen LogP contribution in [0.4, 0.5) is 4.39 Å². The summed E-state index contributed by atoms with van der Waals surface area (Å²) in [6.45, 7) is 5.99. The van der Waals surface area contributed by atoms with Crippen molar-refractivity contribution in [3.63, 3.8) is 0 Å². The van der Waals surface area contributed by atoms with Crippen LogP contribution >= 0.6 is 0 Å². The zero-order valence-corrected chi connectivity index (χ0v) is 13.8. The zero-order chi connectivity index (χ0) is 15.9. The van der Waals surface area contributed by atoms with Gasteiger partial charge in [-0.25, -0.2) is 4.39 Å². The Kier molecular flexibility index (Phi) is 6.61. The first kappa shape index (κ1) is 17.2. The van der Waals surface area contributed by atoms with Crippen LogP contribution in [0.1, 0.15) is 12.0 Å². The molecule has 1 atom stereocenters. The minimum absolute atomic E-state index is 0.307. The number of halogens is 1. The molecule has 22 heavy (non-hydrogen) atoms. The van der Waals surface area contributed by atoms with Crippen LogP contribution in [0.3, 0.4) is 0 Å². The summed E-state index contributed by atoms with van der Waals surface area (Å²) in [5, 5.41) is 0. The molecule has 2 rings (SSSR count). The van der Waals surface area contributed by atoms with E-state index >= 15 is 0 Å². The van der Waals surface area contributed by atoms with Crippen molar-refractivity contribution < 1.29 is 13.9 Å². The van der Waals surface area contributed by atoms with Crippen LogP contribution < -0.4 is 4.74 Å². The Labute approximate surface area is 132 Å². The second-order valence-corrected chi connectivity index (χ2v) is 6.11. The second-order valence-electron chi connectivity index (χ2n) is 6.11. The van der Waals surface area contributed by atoms with Gasteiger partial charge >= 0.3 is 0 Å². The van der Waals surface area contributed by atoms with Gasteiger partial charge in [-0.05, 0) is 43.6 Å². The smallest absolute Gasteiger partial charge is 0.165 e. The molecule has 0 aliphatic carbocycles. The van der Waals surface area contributed by atoms with E-state index in [2.05, 4.69) is 16.8 Å². The lowest BCUT2D eigenvalue weighted by molar-refractivity contribution is 0.157. The average molecular weight is 310 g/mol. The molecule has 124 valence electrons. The Morgan fingerprint density at radius 3 is 2.91 bits per heavy atom. The summed E-state index contributed by atoms with van der Waals surface area (Å²) in [5.41, 5.74) is 1.08. The maximum Gasteiger partial charge on any atom is 0.165 e. The molecule has 1 unspecified atom stereocenters. The van der Waals surface area contributed by atoms with Crippen molar-refractivity contribution in [2.45, 2.75) is 13.0 Å². The normalized spacial score (nSPS) is 19.0. The fraction of sp³-hybridized carbons (Fsp3) is 0.647. The van der Waals surface area contributed by atoms with Gasteiger partial charge in [0.25, 0.3) is 0 Å². The number of hydrogen-bond donors (Lipinski definition) is 0. The van der Waals surface area contributed by atoms with Crippen LogP contribution in [-0.2, 0) is 11.3 Å². The molecule has 1 aromatic carbocycles. The van der Waals surface area contributed by atoms with Gasteiger partial charge in [0.05, 0.1) is 13.7 Å². The van der Waals surface area contributed by atoms with Crippen LogP contribution in [0.25, 0.3) is 0 Å². The van der Waals surface area contributed by atoms with Gasteiger partial charge < -0.3 is 19.3 Å². The molecule has 5 heteroatoms. The van der Waals surface area contributed by atoms with Crippen molar-refractivity contribution in [3.8, 4) is 5.75 Å². The Balaban J connectivity index is 1.79. The van der Waals surface area contributed by atoms with E-state index in [-0.39, 0.29) is 5.82 Å². The van der Waals surface area contributed by atoms with E-state index in [1.807, 2.05) is 6.07 Å². The summed E-state index contributed by atoms with van der Waals surface area (Å²) in [7, 11) is 5.37. The third-order valence-corrected chi connectivity index (χ3v) is 4.22. The monoisotopic (exact) mass is 310 g/mol. The topological polar surface area (TPSA) is 24.9 Å². The van der Waals surface area contributed by atoms with Crippen molar-refractivity contribution in [2.75, 3.05) is 54.1 Å². The lowest BCUT2D eigenvalue weighted by Crippen LogP contribution is -2.29. The van der Waals surface area contributed by atoms with Crippen LogP contribution in [0, 0.1) is 11.7 Å². The molecular weight excluding hydrogens is 283 g/mol. The van der Waals surface area contributed by atoms with Gasteiger partial charge in [-0.15, -0.1) is 0 Å². The summed E-state index contributed by atoms with van der Waals surface area (Å²) in [5.74, 6) is 0.709. The number of hydrogen-bond acceptors (Lipinski definition) is 4. The number of methoxy groups -OCH3 is 2. The highest BCUT2D eigenvalue weighted by Gasteiger charge is 2.23. The highest BCUT2D eigenvalue weighted by Crippen LogP contribution is 2.21. The molecule has 4 nitrogen and oxygen atoms in total. The predicted molar refractivity (Wildman–Crippen MR) is 85.7 cm³/mol. The van der Waals surface area contributed by atoms with E-state index in [4.69, 9.17) is 9.47 Å². The molecule has 0 amide bonds. The number of rotatable bonds is 8. The molecule has 1 heterocycles. The SMILES string of the molecule is COCCN1CCC(CN(C)Cc2ccc(F)c(OC)c2)C1. The third-order valence-electron chi connectivity index (χ3n) is 4.22. The maximum absolute atomic E-state index is 13.4. The number of nitrogens with zero attached hydrogens (tertiary/aromatic N) is 2. The van der Waals surface area contributed by atoms with Crippen LogP contribution in [0.15, 0.2) is 18.2 Å². The molecule has 1 saturated heterocycles. The van der Waals surface area contributed by atoms with Gasteiger partial charge in [-0.3, -0.25) is 0 Å². The fourth-order valence-corrected chi connectivity index (χ4v) is 3.10.